The molecule has 4 aromatic rings. The summed E-state index contributed by atoms with van der Waals surface area (Å²) in [5.74, 6) is 1.76. The average molecular weight is 445 g/mol. The Balaban J connectivity index is 1.25. The number of imidazole rings is 1. The third-order valence-electron chi connectivity index (χ3n) is 5.31. The van der Waals surface area contributed by atoms with E-state index in [1.807, 2.05) is 49.4 Å². The van der Waals surface area contributed by atoms with Gasteiger partial charge < -0.3 is 24.9 Å². The van der Waals surface area contributed by atoms with Gasteiger partial charge in [0, 0.05) is 32.4 Å². The minimum absolute atomic E-state index is 0.275. The lowest BCUT2D eigenvalue weighted by molar-refractivity contribution is 0.0996. The summed E-state index contributed by atoms with van der Waals surface area (Å²) in [6.07, 6.45) is 2.42. The van der Waals surface area contributed by atoms with Gasteiger partial charge in [-0.25, -0.2) is 4.98 Å². The molecule has 3 N–H and O–H groups in total. The Morgan fingerprint density at radius 2 is 1.97 bits per heavy atom. The highest BCUT2D eigenvalue weighted by Crippen LogP contribution is 2.16. The number of aliphatic imine (C=N–C) groups is 1. The summed E-state index contributed by atoms with van der Waals surface area (Å²) in [5.41, 5.74) is 3.93. The maximum absolute atomic E-state index is 12.2. The molecule has 0 bridgehead atoms. The first-order valence-corrected chi connectivity index (χ1v) is 10.9. The second-order valence-electron chi connectivity index (χ2n) is 7.64. The molecule has 0 radical (unpaired) electrons. The fourth-order valence-corrected chi connectivity index (χ4v) is 3.69. The molecule has 0 aliphatic rings. The number of carbonyl (C=O) groups excluding carboxylic acids is 1. The van der Waals surface area contributed by atoms with Crippen LogP contribution >= 0.6 is 0 Å². The molecule has 0 saturated carbocycles. The summed E-state index contributed by atoms with van der Waals surface area (Å²) in [6, 6.07) is 19.2. The second-order valence-corrected chi connectivity index (χ2v) is 7.64. The normalized spacial score (nSPS) is 11.5. The third kappa shape index (κ3) is 5.60. The fraction of sp³-hybridized carbons (Fsp3) is 0.240. The molecule has 0 atom stereocenters. The monoisotopic (exact) mass is 444 g/mol. The Morgan fingerprint density at radius 1 is 1.09 bits per heavy atom. The minimum atomic E-state index is -0.275. The van der Waals surface area contributed by atoms with E-state index >= 15 is 0 Å². The van der Waals surface area contributed by atoms with E-state index in [1.165, 1.54) is 6.26 Å². The van der Waals surface area contributed by atoms with Crippen LogP contribution in [0.1, 0.15) is 28.4 Å². The smallest absolute Gasteiger partial charge is 0.291 e. The molecule has 8 nitrogen and oxygen atoms in total. The first-order valence-electron chi connectivity index (χ1n) is 10.9. The SMILES string of the molecule is CN=C(NCCCn1c(C)nc2ccccc21)NCc1cccc(NC(=O)c2ccco2)c1. The zero-order chi connectivity index (χ0) is 23.0. The summed E-state index contributed by atoms with van der Waals surface area (Å²) in [4.78, 5) is 21.1. The molecule has 0 aliphatic heterocycles. The molecule has 33 heavy (non-hydrogen) atoms. The van der Waals surface area contributed by atoms with Crippen LogP contribution in [0.4, 0.5) is 5.69 Å². The molecule has 2 aromatic heterocycles. The third-order valence-corrected chi connectivity index (χ3v) is 5.31. The molecule has 0 spiro atoms. The van der Waals surface area contributed by atoms with Crippen molar-refractivity contribution in [2.24, 2.45) is 4.99 Å². The van der Waals surface area contributed by atoms with Gasteiger partial charge in [-0.05, 0) is 55.3 Å². The van der Waals surface area contributed by atoms with E-state index in [2.05, 4.69) is 36.6 Å². The standard InChI is InChI=1S/C25H28N6O2/c1-18-29-21-10-3-4-11-22(21)31(18)14-7-13-27-25(26-2)28-17-19-8-5-9-20(16-19)30-24(32)23-12-6-15-33-23/h3-6,8-12,15-16H,7,13-14,17H2,1-2H3,(H,30,32)(H2,26,27,28). The van der Waals surface area contributed by atoms with Crippen molar-refractivity contribution in [3.63, 3.8) is 0 Å². The van der Waals surface area contributed by atoms with Crippen LogP contribution in [0.5, 0.6) is 0 Å². The number of aryl methyl sites for hydroxylation is 2. The number of hydrogen-bond acceptors (Lipinski definition) is 4. The Kier molecular flexibility index (Phi) is 7.04. The summed E-state index contributed by atoms with van der Waals surface area (Å²) in [5, 5.41) is 9.52. The summed E-state index contributed by atoms with van der Waals surface area (Å²) < 4.78 is 7.38. The number of amides is 1. The van der Waals surface area contributed by atoms with Gasteiger partial charge in [0.25, 0.3) is 5.91 Å². The van der Waals surface area contributed by atoms with E-state index in [4.69, 9.17) is 4.42 Å². The first-order chi connectivity index (χ1) is 16.1. The van der Waals surface area contributed by atoms with E-state index in [1.54, 1.807) is 19.2 Å². The van der Waals surface area contributed by atoms with Gasteiger partial charge in [0.1, 0.15) is 5.82 Å². The van der Waals surface area contributed by atoms with Crippen molar-refractivity contribution < 1.29 is 9.21 Å². The number of aromatic nitrogens is 2. The molecule has 2 heterocycles. The molecule has 0 fully saturated rings. The highest BCUT2D eigenvalue weighted by Gasteiger charge is 2.09. The quantitative estimate of drug-likeness (QED) is 0.217. The lowest BCUT2D eigenvalue weighted by Gasteiger charge is -2.13. The number of rotatable bonds is 8. The highest BCUT2D eigenvalue weighted by atomic mass is 16.3. The lowest BCUT2D eigenvalue weighted by atomic mass is 10.2. The molecular weight excluding hydrogens is 416 g/mol. The maximum atomic E-state index is 12.2. The highest BCUT2D eigenvalue weighted by molar-refractivity contribution is 6.02. The van der Waals surface area contributed by atoms with E-state index in [-0.39, 0.29) is 11.7 Å². The van der Waals surface area contributed by atoms with Crippen molar-refractivity contribution in [1.82, 2.24) is 20.2 Å². The topological polar surface area (TPSA) is 96.5 Å². The van der Waals surface area contributed by atoms with Crippen LogP contribution in [-0.2, 0) is 13.1 Å². The van der Waals surface area contributed by atoms with Crippen LogP contribution in [-0.4, -0.2) is 35.0 Å². The van der Waals surface area contributed by atoms with Crippen LogP contribution in [0.15, 0.2) is 76.3 Å². The fourth-order valence-electron chi connectivity index (χ4n) is 3.69. The first kappa shape index (κ1) is 22.1. The van der Waals surface area contributed by atoms with Crippen molar-refractivity contribution in [3.05, 3.63) is 84.1 Å². The predicted molar refractivity (Wildman–Crippen MR) is 130 cm³/mol. The summed E-state index contributed by atoms with van der Waals surface area (Å²) in [7, 11) is 1.75. The molecular formula is C25H28N6O2. The van der Waals surface area contributed by atoms with Crippen LogP contribution in [0.3, 0.4) is 0 Å². The number of furan rings is 1. The molecule has 170 valence electrons. The largest absolute Gasteiger partial charge is 0.459 e. The molecule has 0 aliphatic carbocycles. The van der Waals surface area contributed by atoms with Crippen LogP contribution in [0.2, 0.25) is 0 Å². The van der Waals surface area contributed by atoms with E-state index in [0.29, 0.717) is 12.2 Å². The lowest BCUT2D eigenvalue weighted by Crippen LogP contribution is -2.37. The van der Waals surface area contributed by atoms with Gasteiger partial charge in [0.2, 0.25) is 0 Å². The Morgan fingerprint density at radius 3 is 2.79 bits per heavy atom. The number of guanidine groups is 1. The molecule has 0 saturated heterocycles. The van der Waals surface area contributed by atoms with Crippen molar-refractivity contribution in [1.29, 1.82) is 0 Å². The van der Waals surface area contributed by atoms with Gasteiger partial charge in [-0.1, -0.05) is 24.3 Å². The van der Waals surface area contributed by atoms with Crippen LogP contribution in [0, 0.1) is 6.92 Å². The van der Waals surface area contributed by atoms with Crippen LogP contribution in [0.25, 0.3) is 11.0 Å². The number of para-hydroxylation sites is 2. The number of benzene rings is 2. The summed E-state index contributed by atoms with van der Waals surface area (Å²) >= 11 is 0. The number of nitrogens with zero attached hydrogens (tertiary/aromatic N) is 3. The number of hydrogen-bond donors (Lipinski definition) is 3. The van der Waals surface area contributed by atoms with Gasteiger partial charge in [-0.3, -0.25) is 9.79 Å². The van der Waals surface area contributed by atoms with E-state index in [0.717, 1.165) is 47.9 Å². The van der Waals surface area contributed by atoms with Gasteiger partial charge in [0.05, 0.1) is 17.3 Å². The van der Waals surface area contributed by atoms with E-state index in [9.17, 15) is 4.79 Å². The maximum Gasteiger partial charge on any atom is 0.291 e. The van der Waals surface area contributed by atoms with Crippen LogP contribution < -0.4 is 16.0 Å². The van der Waals surface area contributed by atoms with Crippen molar-refractivity contribution >= 4 is 28.6 Å². The summed E-state index contributed by atoms with van der Waals surface area (Å²) in [6.45, 7) is 4.28. The molecule has 4 rings (SSSR count). The van der Waals surface area contributed by atoms with Gasteiger partial charge in [-0.15, -0.1) is 0 Å². The predicted octanol–water partition coefficient (Wildman–Crippen LogP) is 3.95. The molecule has 1 amide bonds. The van der Waals surface area contributed by atoms with Gasteiger partial charge in [-0.2, -0.15) is 0 Å². The Bertz CT molecular complexity index is 1240. The number of fused-ring (bicyclic) bond motifs is 1. The number of nitrogens with one attached hydrogen (secondary N) is 3. The zero-order valence-corrected chi connectivity index (χ0v) is 18.8. The second kappa shape index (κ2) is 10.5. The number of anilines is 1. The van der Waals surface area contributed by atoms with Crippen molar-refractivity contribution in [2.75, 3.05) is 18.9 Å². The van der Waals surface area contributed by atoms with Gasteiger partial charge in [0.15, 0.2) is 11.7 Å². The zero-order valence-electron chi connectivity index (χ0n) is 18.8. The molecule has 8 heteroatoms. The van der Waals surface area contributed by atoms with Gasteiger partial charge >= 0.3 is 0 Å². The van der Waals surface area contributed by atoms with Crippen molar-refractivity contribution in [2.45, 2.75) is 26.4 Å². The average Bonchev–Trinajstić information content (AvgIpc) is 3.47. The Labute approximate surface area is 192 Å². The molecule has 2 aromatic carbocycles. The Hall–Kier alpha value is -4.07. The molecule has 0 unspecified atom stereocenters. The minimum Gasteiger partial charge on any atom is -0.459 e. The van der Waals surface area contributed by atoms with E-state index < -0.39 is 0 Å². The number of carbonyl (C=O) groups is 1. The van der Waals surface area contributed by atoms with Crippen molar-refractivity contribution in [3.8, 4) is 0 Å².